The molecule has 0 bridgehead atoms. The summed E-state index contributed by atoms with van der Waals surface area (Å²) < 4.78 is 16.1. The van der Waals surface area contributed by atoms with Gasteiger partial charge in [-0.1, -0.05) is 0 Å². The molecule has 1 aliphatic heterocycles. The van der Waals surface area contributed by atoms with Crippen molar-refractivity contribution in [3.8, 4) is 11.5 Å². The normalized spacial score (nSPS) is 15.2. The smallest absolute Gasteiger partial charge is 0.260 e. The van der Waals surface area contributed by atoms with Crippen molar-refractivity contribution in [2.45, 2.75) is 19.6 Å². The van der Waals surface area contributed by atoms with Crippen LogP contribution in [0.4, 0.5) is 5.69 Å². The van der Waals surface area contributed by atoms with E-state index < -0.39 is 5.79 Å². The van der Waals surface area contributed by atoms with Crippen LogP contribution in [0.3, 0.4) is 0 Å². The maximum absolute atomic E-state index is 12.0. The molecule has 3 rings (SSSR count). The molecular formula is C14H12ClNO4. The molecule has 1 N–H and O–H groups in total. The molecule has 0 radical (unpaired) electrons. The van der Waals surface area contributed by atoms with E-state index in [4.69, 9.17) is 25.5 Å². The number of rotatable bonds is 2. The molecule has 0 saturated heterocycles. The molecule has 1 amide bonds. The van der Waals surface area contributed by atoms with Crippen LogP contribution in [-0.2, 0) is 0 Å². The highest BCUT2D eigenvalue weighted by Crippen LogP contribution is 2.40. The van der Waals surface area contributed by atoms with E-state index in [1.807, 2.05) is 13.8 Å². The fourth-order valence-corrected chi connectivity index (χ4v) is 2.15. The summed E-state index contributed by atoms with van der Waals surface area (Å²) in [7, 11) is 0. The number of fused-ring (bicyclic) bond motifs is 1. The summed E-state index contributed by atoms with van der Waals surface area (Å²) in [6.45, 7) is 3.63. The van der Waals surface area contributed by atoms with Gasteiger partial charge in [-0.05, 0) is 29.8 Å². The van der Waals surface area contributed by atoms with Gasteiger partial charge in [-0.3, -0.25) is 4.79 Å². The van der Waals surface area contributed by atoms with Gasteiger partial charge in [0.2, 0.25) is 11.0 Å². The number of nitrogens with one attached hydrogen (secondary N) is 1. The van der Waals surface area contributed by atoms with Gasteiger partial charge in [0.05, 0.1) is 11.8 Å². The van der Waals surface area contributed by atoms with Crippen molar-refractivity contribution in [1.29, 1.82) is 0 Å². The Morgan fingerprint density at radius 3 is 2.65 bits per heavy atom. The summed E-state index contributed by atoms with van der Waals surface area (Å²) in [6, 6.07) is 6.69. The quantitative estimate of drug-likeness (QED) is 0.917. The summed E-state index contributed by atoms with van der Waals surface area (Å²) in [6.07, 6.45) is 1.36. The topological polar surface area (TPSA) is 60.7 Å². The molecule has 0 atom stereocenters. The molecule has 0 spiro atoms. The van der Waals surface area contributed by atoms with Crippen molar-refractivity contribution >= 4 is 23.2 Å². The number of benzene rings is 1. The fraction of sp³-hybridized carbons (Fsp3) is 0.214. The van der Waals surface area contributed by atoms with E-state index in [9.17, 15) is 4.79 Å². The Hall–Kier alpha value is -2.14. The number of furan rings is 1. The third-order valence-corrected chi connectivity index (χ3v) is 3.07. The average molecular weight is 294 g/mol. The van der Waals surface area contributed by atoms with Crippen LogP contribution in [0, 0.1) is 0 Å². The summed E-state index contributed by atoms with van der Waals surface area (Å²) in [5, 5.41) is 2.78. The highest BCUT2D eigenvalue weighted by molar-refractivity contribution is 6.32. The van der Waals surface area contributed by atoms with Gasteiger partial charge in [0.25, 0.3) is 5.91 Å². The zero-order valence-corrected chi connectivity index (χ0v) is 11.7. The van der Waals surface area contributed by atoms with Crippen molar-refractivity contribution in [2.75, 3.05) is 5.32 Å². The fourth-order valence-electron chi connectivity index (χ4n) is 1.95. The predicted octanol–water partition coefficient (Wildman–Crippen LogP) is 3.69. The molecule has 1 aromatic heterocycles. The Labute approximate surface area is 120 Å². The van der Waals surface area contributed by atoms with Crippen LogP contribution in [0.5, 0.6) is 11.5 Å². The molecule has 1 aromatic carbocycles. The Morgan fingerprint density at radius 1 is 1.20 bits per heavy atom. The van der Waals surface area contributed by atoms with E-state index >= 15 is 0 Å². The maximum Gasteiger partial charge on any atom is 0.260 e. The van der Waals surface area contributed by atoms with Crippen LogP contribution >= 0.6 is 11.6 Å². The van der Waals surface area contributed by atoms with Crippen LogP contribution in [0.1, 0.15) is 24.2 Å². The summed E-state index contributed by atoms with van der Waals surface area (Å²) >= 11 is 5.76. The van der Waals surface area contributed by atoms with E-state index in [-0.39, 0.29) is 16.7 Å². The second kappa shape index (κ2) is 4.45. The van der Waals surface area contributed by atoms with Gasteiger partial charge in [0, 0.05) is 25.6 Å². The number of ether oxygens (including phenoxy) is 2. The SMILES string of the molecule is CC1(C)Oc2ccc(NC(=O)c3ccoc3Cl)cc2O1. The number of halogens is 1. The van der Waals surface area contributed by atoms with Crippen molar-refractivity contribution in [3.05, 3.63) is 41.3 Å². The zero-order valence-electron chi connectivity index (χ0n) is 10.9. The van der Waals surface area contributed by atoms with Gasteiger partial charge < -0.3 is 19.2 Å². The van der Waals surface area contributed by atoms with Crippen molar-refractivity contribution in [1.82, 2.24) is 0 Å². The lowest BCUT2D eigenvalue weighted by molar-refractivity contribution is -0.0431. The van der Waals surface area contributed by atoms with Gasteiger partial charge in [-0.2, -0.15) is 0 Å². The second-order valence-electron chi connectivity index (χ2n) is 4.83. The molecule has 2 aromatic rings. The molecule has 5 nitrogen and oxygen atoms in total. The third-order valence-electron chi connectivity index (χ3n) is 2.78. The lowest BCUT2D eigenvalue weighted by Gasteiger charge is -2.16. The summed E-state index contributed by atoms with van der Waals surface area (Å²) in [4.78, 5) is 12.0. The van der Waals surface area contributed by atoms with Crippen LogP contribution in [0.25, 0.3) is 0 Å². The largest absolute Gasteiger partial charge is 0.452 e. The van der Waals surface area contributed by atoms with Crippen LogP contribution in [0.2, 0.25) is 5.22 Å². The zero-order chi connectivity index (χ0) is 14.3. The Balaban J connectivity index is 1.80. The highest BCUT2D eigenvalue weighted by atomic mass is 35.5. The minimum absolute atomic E-state index is 0.0596. The van der Waals surface area contributed by atoms with Crippen LogP contribution in [-0.4, -0.2) is 11.7 Å². The molecule has 0 aliphatic carbocycles. The van der Waals surface area contributed by atoms with Crippen LogP contribution in [0.15, 0.2) is 34.9 Å². The summed E-state index contributed by atoms with van der Waals surface area (Å²) in [5.41, 5.74) is 0.872. The lowest BCUT2D eigenvalue weighted by Crippen LogP contribution is -2.29. The van der Waals surface area contributed by atoms with E-state index in [1.54, 1.807) is 18.2 Å². The second-order valence-corrected chi connectivity index (χ2v) is 5.17. The van der Waals surface area contributed by atoms with Gasteiger partial charge in [0.1, 0.15) is 0 Å². The van der Waals surface area contributed by atoms with E-state index in [2.05, 4.69) is 5.32 Å². The van der Waals surface area contributed by atoms with Gasteiger partial charge in [-0.15, -0.1) is 0 Å². The van der Waals surface area contributed by atoms with Gasteiger partial charge >= 0.3 is 0 Å². The van der Waals surface area contributed by atoms with Crippen molar-refractivity contribution in [3.63, 3.8) is 0 Å². The number of hydrogen-bond acceptors (Lipinski definition) is 4. The van der Waals surface area contributed by atoms with Crippen LogP contribution < -0.4 is 14.8 Å². The third kappa shape index (κ3) is 2.32. The maximum atomic E-state index is 12.0. The first-order valence-electron chi connectivity index (χ1n) is 6.01. The Kier molecular flexibility index (Phi) is 2.87. The number of carbonyl (C=O) groups excluding carboxylic acids is 1. The predicted molar refractivity (Wildman–Crippen MR) is 73.4 cm³/mol. The first-order chi connectivity index (χ1) is 9.44. The monoisotopic (exact) mass is 293 g/mol. The Morgan fingerprint density at radius 2 is 1.95 bits per heavy atom. The van der Waals surface area contributed by atoms with E-state index in [1.165, 1.54) is 12.3 Å². The average Bonchev–Trinajstić information content (AvgIpc) is 2.90. The molecule has 1 aliphatic rings. The number of amides is 1. The minimum Gasteiger partial charge on any atom is -0.452 e. The van der Waals surface area contributed by atoms with Crippen molar-refractivity contribution in [2.24, 2.45) is 0 Å². The summed E-state index contributed by atoms with van der Waals surface area (Å²) in [5.74, 6) is 0.195. The van der Waals surface area contributed by atoms with E-state index in [0.717, 1.165) is 0 Å². The first-order valence-corrected chi connectivity index (χ1v) is 6.39. The lowest BCUT2D eigenvalue weighted by atomic mass is 10.2. The molecule has 104 valence electrons. The minimum atomic E-state index is -0.696. The molecule has 0 unspecified atom stereocenters. The van der Waals surface area contributed by atoms with Gasteiger partial charge in [0.15, 0.2) is 11.5 Å². The van der Waals surface area contributed by atoms with E-state index in [0.29, 0.717) is 17.2 Å². The molecular weight excluding hydrogens is 282 g/mol. The molecule has 2 heterocycles. The molecule has 0 saturated carbocycles. The molecule has 0 fully saturated rings. The number of carbonyl (C=O) groups is 1. The van der Waals surface area contributed by atoms with Gasteiger partial charge in [-0.25, -0.2) is 0 Å². The Bertz CT molecular complexity index is 678. The van der Waals surface area contributed by atoms with Crippen molar-refractivity contribution < 1.29 is 18.7 Å². The molecule has 20 heavy (non-hydrogen) atoms. The standard InChI is InChI=1S/C14H12ClNO4/c1-14(2)19-10-4-3-8(7-11(10)20-14)16-13(17)9-5-6-18-12(9)15/h3-7H,1-2H3,(H,16,17). The first kappa shape index (κ1) is 12.9. The highest BCUT2D eigenvalue weighted by Gasteiger charge is 2.31. The molecule has 6 heteroatoms. The number of hydrogen-bond donors (Lipinski definition) is 1. The number of anilines is 1.